The third-order valence-corrected chi connectivity index (χ3v) is 1.20. The van der Waals surface area contributed by atoms with Crippen LogP contribution in [0.25, 0.3) is 0 Å². The van der Waals surface area contributed by atoms with Crippen molar-refractivity contribution in [3.05, 3.63) is 24.2 Å². The lowest BCUT2D eigenvalue weighted by molar-refractivity contribution is -0.138. The maximum absolute atomic E-state index is 10.0. The minimum atomic E-state index is -0.909. The Morgan fingerprint density at radius 1 is 1.77 bits per heavy atom. The monoisotopic (exact) mass is 183 g/mol. The summed E-state index contributed by atoms with van der Waals surface area (Å²) >= 11 is 0. The molecular formula is C8H9NO4. The van der Waals surface area contributed by atoms with Gasteiger partial charge in [-0.25, -0.2) is 0 Å². The van der Waals surface area contributed by atoms with Gasteiger partial charge < -0.3 is 14.4 Å². The number of oxime groups is 1. The van der Waals surface area contributed by atoms with E-state index in [0.717, 1.165) is 0 Å². The molecule has 1 N–H and O–H groups in total. The maximum Gasteiger partial charge on any atom is 0.306 e. The third kappa shape index (κ3) is 3.95. The van der Waals surface area contributed by atoms with E-state index in [1.54, 1.807) is 12.1 Å². The summed E-state index contributed by atoms with van der Waals surface area (Å²) in [5.41, 5.74) is 0. The number of carboxylic acids is 1. The molecule has 0 amide bonds. The van der Waals surface area contributed by atoms with Gasteiger partial charge in [-0.2, -0.15) is 0 Å². The highest BCUT2D eigenvalue weighted by molar-refractivity contribution is 5.75. The highest BCUT2D eigenvalue weighted by Gasteiger charge is 1.94. The molecule has 0 aromatic carbocycles. The first-order valence-electron chi connectivity index (χ1n) is 3.69. The van der Waals surface area contributed by atoms with E-state index < -0.39 is 5.97 Å². The molecule has 0 aliphatic heterocycles. The van der Waals surface area contributed by atoms with Gasteiger partial charge in [0.1, 0.15) is 18.6 Å². The number of carboxylic acid groups (broad SMARTS) is 1. The Bertz CT molecular complexity index is 278. The van der Waals surface area contributed by atoms with E-state index in [1.807, 2.05) is 0 Å². The molecule has 0 atom stereocenters. The Balaban J connectivity index is 2.16. The summed E-state index contributed by atoms with van der Waals surface area (Å²) in [5.74, 6) is -0.344. The molecule has 0 bridgehead atoms. The minimum absolute atomic E-state index is 0.0600. The van der Waals surface area contributed by atoms with E-state index in [9.17, 15) is 4.79 Å². The van der Waals surface area contributed by atoms with E-state index in [4.69, 9.17) is 9.52 Å². The van der Waals surface area contributed by atoms with Crippen LogP contribution in [0.15, 0.2) is 28.0 Å². The summed E-state index contributed by atoms with van der Waals surface area (Å²) in [6.45, 7) is 0.0620. The summed E-state index contributed by atoms with van der Waals surface area (Å²) in [7, 11) is 0. The van der Waals surface area contributed by atoms with Crippen LogP contribution in [0.5, 0.6) is 0 Å². The summed E-state index contributed by atoms with van der Waals surface area (Å²) in [5, 5.41) is 11.8. The molecule has 0 unspecified atom stereocenters. The fourth-order valence-corrected chi connectivity index (χ4v) is 0.640. The first-order valence-corrected chi connectivity index (χ1v) is 3.69. The van der Waals surface area contributed by atoms with Crippen LogP contribution in [0.2, 0.25) is 0 Å². The van der Waals surface area contributed by atoms with Gasteiger partial charge in [0.05, 0.1) is 12.7 Å². The normalized spacial score (nSPS) is 10.5. The Labute approximate surface area is 74.6 Å². The summed E-state index contributed by atoms with van der Waals surface area (Å²) in [6.07, 6.45) is 2.83. The zero-order valence-electron chi connectivity index (χ0n) is 6.84. The van der Waals surface area contributed by atoms with E-state index in [-0.39, 0.29) is 13.0 Å². The van der Waals surface area contributed by atoms with Gasteiger partial charge in [-0.15, -0.1) is 0 Å². The topological polar surface area (TPSA) is 72.0 Å². The standard InChI is InChI=1S/C8H9NO4/c10-8(11)3-5-13-9-6-7-2-1-4-12-7/h1-2,4,6H,3,5H2,(H,10,11)/b9-6+. The van der Waals surface area contributed by atoms with Crippen molar-refractivity contribution in [2.45, 2.75) is 6.42 Å². The second-order valence-corrected chi connectivity index (χ2v) is 2.23. The predicted octanol–water partition coefficient (Wildman–Crippen LogP) is 1.10. The Kier molecular flexibility index (Phi) is 3.56. The van der Waals surface area contributed by atoms with Gasteiger partial charge in [0.25, 0.3) is 0 Å². The first-order chi connectivity index (χ1) is 6.29. The minimum Gasteiger partial charge on any atom is -0.481 e. The summed E-state index contributed by atoms with van der Waals surface area (Å²) in [6, 6.07) is 3.43. The van der Waals surface area contributed by atoms with Crippen LogP contribution in [-0.4, -0.2) is 23.9 Å². The zero-order chi connectivity index (χ0) is 9.52. The van der Waals surface area contributed by atoms with Crippen molar-refractivity contribution in [3.63, 3.8) is 0 Å². The van der Waals surface area contributed by atoms with Crippen LogP contribution in [0.1, 0.15) is 12.2 Å². The Morgan fingerprint density at radius 2 is 2.62 bits per heavy atom. The Morgan fingerprint density at radius 3 is 3.23 bits per heavy atom. The summed E-state index contributed by atoms with van der Waals surface area (Å²) in [4.78, 5) is 14.7. The Hall–Kier alpha value is -1.78. The van der Waals surface area contributed by atoms with E-state index in [1.165, 1.54) is 12.5 Å². The molecule has 0 spiro atoms. The van der Waals surface area contributed by atoms with E-state index in [0.29, 0.717) is 5.76 Å². The molecule has 0 saturated carbocycles. The lowest BCUT2D eigenvalue weighted by Gasteiger charge is -1.93. The molecule has 5 nitrogen and oxygen atoms in total. The van der Waals surface area contributed by atoms with E-state index >= 15 is 0 Å². The largest absolute Gasteiger partial charge is 0.481 e. The van der Waals surface area contributed by atoms with Crippen molar-refractivity contribution < 1.29 is 19.2 Å². The average molecular weight is 183 g/mol. The fraction of sp³-hybridized carbons (Fsp3) is 0.250. The van der Waals surface area contributed by atoms with E-state index in [2.05, 4.69) is 9.99 Å². The molecular weight excluding hydrogens is 174 g/mol. The van der Waals surface area contributed by atoms with Crippen molar-refractivity contribution in [2.24, 2.45) is 5.16 Å². The number of hydrogen-bond donors (Lipinski definition) is 1. The number of furan rings is 1. The SMILES string of the molecule is O=C(O)CCO/N=C/c1ccco1. The molecule has 0 fully saturated rings. The van der Waals surface area contributed by atoms with Gasteiger partial charge >= 0.3 is 5.97 Å². The number of nitrogens with zero attached hydrogens (tertiary/aromatic N) is 1. The van der Waals surface area contributed by atoms with Gasteiger partial charge in [-0.05, 0) is 12.1 Å². The average Bonchev–Trinajstić information content (AvgIpc) is 2.55. The third-order valence-electron chi connectivity index (χ3n) is 1.20. The van der Waals surface area contributed by atoms with Gasteiger partial charge in [0.15, 0.2) is 0 Å². The van der Waals surface area contributed by atoms with Crippen LogP contribution in [0.4, 0.5) is 0 Å². The lowest BCUT2D eigenvalue weighted by atomic mass is 10.5. The van der Waals surface area contributed by atoms with Crippen molar-refractivity contribution in [1.82, 2.24) is 0 Å². The molecule has 70 valence electrons. The molecule has 1 heterocycles. The molecule has 5 heteroatoms. The molecule has 1 aromatic rings. The molecule has 0 saturated heterocycles. The first kappa shape index (κ1) is 9.31. The highest BCUT2D eigenvalue weighted by atomic mass is 16.6. The quantitative estimate of drug-likeness (QED) is 0.421. The smallest absolute Gasteiger partial charge is 0.306 e. The van der Waals surface area contributed by atoms with Crippen LogP contribution in [0.3, 0.4) is 0 Å². The summed E-state index contributed by atoms with van der Waals surface area (Å²) < 4.78 is 4.92. The maximum atomic E-state index is 10.0. The molecule has 13 heavy (non-hydrogen) atoms. The number of rotatable bonds is 5. The molecule has 1 rings (SSSR count). The molecule has 1 aromatic heterocycles. The molecule has 0 aliphatic rings. The van der Waals surface area contributed by atoms with Crippen molar-refractivity contribution in [2.75, 3.05) is 6.61 Å². The zero-order valence-corrected chi connectivity index (χ0v) is 6.84. The fourth-order valence-electron chi connectivity index (χ4n) is 0.640. The molecule has 0 radical (unpaired) electrons. The lowest BCUT2D eigenvalue weighted by Crippen LogP contribution is -1.99. The van der Waals surface area contributed by atoms with Crippen LogP contribution >= 0.6 is 0 Å². The van der Waals surface area contributed by atoms with Gasteiger partial charge in [-0.3, -0.25) is 4.79 Å². The second-order valence-electron chi connectivity index (χ2n) is 2.23. The van der Waals surface area contributed by atoms with Crippen LogP contribution in [-0.2, 0) is 9.63 Å². The van der Waals surface area contributed by atoms with Crippen LogP contribution in [0, 0.1) is 0 Å². The van der Waals surface area contributed by atoms with Gasteiger partial charge in [-0.1, -0.05) is 5.16 Å². The second kappa shape index (κ2) is 4.97. The van der Waals surface area contributed by atoms with Crippen molar-refractivity contribution in [1.29, 1.82) is 0 Å². The van der Waals surface area contributed by atoms with Gasteiger partial charge in [0.2, 0.25) is 0 Å². The van der Waals surface area contributed by atoms with Crippen LogP contribution < -0.4 is 0 Å². The van der Waals surface area contributed by atoms with Gasteiger partial charge in [0, 0.05) is 0 Å². The highest BCUT2D eigenvalue weighted by Crippen LogP contribution is 1.95. The number of carbonyl (C=O) groups is 1. The van der Waals surface area contributed by atoms with Crippen molar-refractivity contribution >= 4 is 12.2 Å². The molecule has 0 aliphatic carbocycles. The number of hydrogen-bond acceptors (Lipinski definition) is 4. The number of aliphatic carboxylic acids is 1. The predicted molar refractivity (Wildman–Crippen MR) is 44.5 cm³/mol. The van der Waals surface area contributed by atoms with Crippen molar-refractivity contribution in [3.8, 4) is 0 Å².